The zero-order valence-corrected chi connectivity index (χ0v) is 21.8. The first-order valence-corrected chi connectivity index (χ1v) is 12.1. The third-order valence-electron chi connectivity index (χ3n) is 5.97. The third kappa shape index (κ3) is 5.55. The van der Waals surface area contributed by atoms with E-state index in [9.17, 15) is 14.9 Å². The number of methoxy groups -OCH3 is 1. The van der Waals surface area contributed by atoms with Crippen LogP contribution in [0.25, 0.3) is 0 Å². The Bertz CT molecular complexity index is 1290. The highest BCUT2D eigenvalue weighted by molar-refractivity contribution is 6.32. The van der Waals surface area contributed by atoms with Gasteiger partial charge in [0.15, 0.2) is 5.82 Å². The lowest BCUT2D eigenvalue weighted by molar-refractivity contribution is -0.385. The minimum absolute atomic E-state index is 0.00312. The Hall–Kier alpha value is -3.36. The number of amides is 2. The molecule has 0 aromatic heterocycles. The Morgan fingerprint density at radius 1 is 1.11 bits per heavy atom. The highest BCUT2D eigenvalue weighted by atomic mass is 35.5. The number of anilines is 2. The summed E-state index contributed by atoms with van der Waals surface area (Å²) in [6.45, 7) is 5.33. The van der Waals surface area contributed by atoms with E-state index in [1.807, 2.05) is 6.92 Å². The summed E-state index contributed by atoms with van der Waals surface area (Å²) in [6.07, 6.45) is 0.697. The number of rotatable bonds is 8. The zero-order valence-electron chi connectivity index (χ0n) is 20.3. The first-order valence-electron chi connectivity index (χ1n) is 11.3. The van der Waals surface area contributed by atoms with Crippen molar-refractivity contribution in [2.45, 2.75) is 39.7 Å². The van der Waals surface area contributed by atoms with E-state index in [4.69, 9.17) is 27.9 Å². The second-order valence-electron chi connectivity index (χ2n) is 8.02. The van der Waals surface area contributed by atoms with Crippen molar-refractivity contribution in [3.05, 3.63) is 91.2 Å². The van der Waals surface area contributed by atoms with Crippen molar-refractivity contribution in [1.82, 2.24) is 0 Å². The summed E-state index contributed by atoms with van der Waals surface area (Å²) >= 11 is 12.4. The van der Waals surface area contributed by atoms with Gasteiger partial charge in [0.25, 0.3) is 5.69 Å². The van der Waals surface area contributed by atoms with Crippen LogP contribution in [0.1, 0.15) is 43.5 Å². The Kier molecular flexibility index (Phi) is 8.76. The molecule has 0 saturated carbocycles. The molecule has 0 radical (unpaired) electrons. The molecule has 0 fully saturated rings. The number of nitrogens with zero attached hydrogens (tertiary/aromatic N) is 2. The fourth-order valence-corrected chi connectivity index (χ4v) is 4.56. The molecule has 190 valence electrons. The van der Waals surface area contributed by atoms with E-state index in [0.29, 0.717) is 33.9 Å². The number of ether oxygens (including phenoxy) is 1. The van der Waals surface area contributed by atoms with Gasteiger partial charge in [0.05, 0.1) is 40.0 Å². The van der Waals surface area contributed by atoms with Crippen LogP contribution in [0.5, 0.6) is 5.75 Å². The van der Waals surface area contributed by atoms with Gasteiger partial charge in [0.1, 0.15) is 5.75 Å². The van der Waals surface area contributed by atoms with E-state index in [1.165, 1.54) is 30.2 Å². The summed E-state index contributed by atoms with van der Waals surface area (Å²) in [5.41, 5.74) is 1.66. The van der Waals surface area contributed by atoms with Crippen molar-refractivity contribution >= 4 is 46.3 Å². The number of hydrogen-bond donors (Lipinski definition) is 1. The summed E-state index contributed by atoms with van der Waals surface area (Å²) in [6, 6.07) is 11.0. The van der Waals surface area contributed by atoms with Crippen molar-refractivity contribution in [2.24, 2.45) is 0 Å². The quantitative estimate of drug-likeness (QED) is 0.235. The number of benzene rings is 3. The van der Waals surface area contributed by atoms with Crippen molar-refractivity contribution in [1.29, 1.82) is 0 Å². The summed E-state index contributed by atoms with van der Waals surface area (Å²) in [7, 11) is 1.42. The van der Waals surface area contributed by atoms with E-state index < -0.39 is 22.8 Å². The van der Waals surface area contributed by atoms with Crippen LogP contribution in [0.15, 0.2) is 48.5 Å². The van der Waals surface area contributed by atoms with E-state index in [-0.39, 0.29) is 28.5 Å². The molecule has 10 heteroatoms. The molecule has 0 bridgehead atoms. The Balaban J connectivity index is 2.16. The minimum atomic E-state index is -0.678. The molecule has 0 aliphatic heterocycles. The van der Waals surface area contributed by atoms with Crippen molar-refractivity contribution in [3.63, 3.8) is 0 Å². The van der Waals surface area contributed by atoms with Gasteiger partial charge in [-0.2, -0.15) is 0 Å². The second kappa shape index (κ2) is 11.6. The molecule has 2 amide bonds. The summed E-state index contributed by atoms with van der Waals surface area (Å²) < 4.78 is 20.3. The molecule has 3 aromatic carbocycles. The lowest BCUT2D eigenvalue weighted by Gasteiger charge is -2.31. The van der Waals surface area contributed by atoms with Gasteiger partial charge in [-0.3, -0.25) is 15.0 Å². The number of hydrogen-bond acceptors (Lipinski definition) is 4. The second-order valence-corrected chi connectivity index (χ2v) is 8.86. The number of nitrogens with one attached hydrogen (secondary N) is 1. The summed E-state index contributed by atoms with van der Waals surface area (Å²) in [5, 5.41) is 15.2. The molecular weight excluding hydrogens is 508 g/mol. The van der Waals surface area contributed by atoms with Crippen LogP contribution in [0, 0.1) is 15.9 Å². The molecular formula is C26H26Cl2FN3O4. The van der Waals surface area contributed by atoms with Gasteiger partial charge in [0.2, 0.25) is 0 Å². The monoisotopic (exact) mass is 533 g/mol. The largest absolute Gasteiger partial charge is 0.497 e. The average molecular weight is 534 g/mol. The van der Waals surface area contributed by atoms with Gasteiger partial charge < -0.3 is 10.1 Å². The summed E-state index contributed by atoms with van der Waals surface area (Å²) in [5.74, 6) is -0.378. The van der Waals surface area contributed by atoms with E-state index in [2.05, 4.69) is 5.32 Å². The van der Waals surface area contributed by atoms with Gasteiger partial charge in [-0.1, -0.05) is 49.2 Å². The van der Waals surface area contributed by atoms with Crippen molar-refractivity contribution in [2.75, 3.05) is 17.3 Å². The van der Waals surface area contributed by atoms with Crippen LogP contribution < -0.4 is 15.0 Å². The number of urea groups is 1. The van der Waals surface area contributed by atoms with Crippen molar-refractivity contribution in [3.8, 4) is 5.75 Å². The predicted molar refractivity (Wildman–Crippen MR) is 141 cm³/mol. The first-order chi connectivity index (χ1) is 17.1. The van der Waals surface area contributed by atoms with Crippen LogP contribution in [-0.4, -0.2) is 18.1 Å². The molecule has 36 heavy (non-hydrogen) atoms. The fraction of sp³-hybridized carbons (Fsp3) is 0.269. The summed E-state index contributed by atoms with van der Waals surface area (Å²) in [4.78, 5) is 26.2. The highest BCUT2D eigenvalue weighted by Crippen LogP contribution is 2.38. The van der Waals surface area contributed by atoms with Gasteiger partial charge in [-0.25, -0.2) is 9.18 Å². The van der Waals surface area contributed by atoms with Gasteiger partial charge >= 0.3 is 6.03 Å². The van der Waals surface area contributed by atoms with Crippen molar-refractivity contribution < 1.29 is 18.8 Å². The Morgan fingerprint density at radius 2 is 1.75 bits per heavy atom. The van der Waals surface area contributed by atoms with Crippen LogP contribution in [0.4, 0.5) is 26.2 Å². The smallest absolute Gasteiger partial charge is 0.327 e. The van der Waals surface area contributed by atoms with Crippen LogP contribution in [0.2, 0.25) is 10.0 Å². The van der Waals surface area contributed by atoms with E-state index in [1.54, 1.807) is 44.2 Å². The SMILES string of the molecule is CCc1c(Cl)cc([N+](=O)[O-])c(CC)c1NC(=O)N(c1ccc(OC)cc1F)[C@@H](C)c1ccc(Cl)cc1. The number of nitro benzene ring substituents is 1. The van der Waals surface area contributed by atoms with Crippen LogP contribution in [0.3, 0.4) is 0 Å². The molecule has 0 saturated heterocycles. The molecule has 3 rings (SSSR count). The molecule has 0 spiro atoms. The van der Waals surface area contributed by atoms with Gasteiger partial charge in [0, 0.05) is 17.2 Å². The van der Waals surface area contributed by atoms with Gasteiger partial charge in [-0.15, -0.1) is 0 Å². The maximum atomic E-state index is 15.2. The first kappa shape index (κ1) is 27.2. The number of carbonyl (C=O) groups excluding carboxylic acids is 1. The minimum Gasteiger partial charge on any atom is -0.497 e. The average Bonchev–Trinajstić information content (AvgIpc) is 2.85. The molecule has 7 nitrogen and oxygen atoms in total. The lowest BCUT2D eigenvalue weighted by Crippen LogP contribution is -2.38. The van der Waals surface area contributed by atoms with E-state index >= 15 is 4.39 Å². The molecule has 0 aliphatic rings. The Morgan fingerprint density at radius 3 is 2.28 bits per heavy atom. The van der Waals surface area contributed by atoms with Gasteiger partial charge in [-0.05, 0) is 55.2 Å². The van der Waals surface area contributed by atoms with E-state index in [0.717, 1.165) is 0 Å². The standard InChI is InChI=1S/C26H26Cl2FN3O4/c1-5-19-21(28)14-24(32(34)35)20(6-2)25(19)30-26(33)31(15(3)16-7-9-17(27)10-8-16)23-12-11-18(36-4)13-22(23)29/h7-15H,5-6H2,1-4H3,(H,30,33)/t15-/m0/s1. The third-order valence-corrected chi connectivity index (χ3v) is 6.56. The predicted octanol–water partition coefficient (Wildman–Crippen LogP) is 7.97. The number of carbonyl (C=O) groups is 1. The Labute approximate surface area is 218 Å². The van der Waals surface area contributed by atoms with Crippen LogP contribution >= 0.6 is 23.2 Å². The molecule has 0 unspecified atom stereocenters. The maximum Gasteiger partial charge on any atom is 0.327 e. The number of nitro groups is 1. The zero-order chi connectivity index (χ0) is 26.6. The molecule has 3 aromatic rings. The fourth-order valence-electron chi connectivity index (χ4n) is 4.10. The molecule has 0 heterocycles. The highest BCUT2D eigenvalue weighted by Gasteiger charge is 2.30. The lowest BCUT2D eigenvalue weighted by atomic mass is 10.0. The molecule has 1 atom stereocenters. The molecule has 1 N–H and O–H groups in total. The van der Waals surface area contributed by atoms with Crippen LogP contribution in [-0.2, 0) is 12.8 Å². The maximum absolute atomic E-state index is 15.2. The molecule has 0 aliphatic carbocycles. The normalized spacial score (nSPS) is 11.6. The topological polar surface area (TPSA) is 84.7 Å². The number of halogens is 3.